The molecule has 2 rings (SSSR count). The van der Waals surface area contributed by atoms with Gasteiger partial charge in [-0.25, -0.2) is 0 Å². The zero-order valence-corrected chi connectivity index (χ0v) is 10.9. The van der Waals surface area contributed by atoms with Gasteiger partial charge in [0.25, 0.3) is 0 Å². The molecular weight excluding hydrogens is 226 g/mol. The second-order valence-corrected chi connectivity index (χ2v) is 4.81. The van der Waals surface area contributed by atoms with Crippen molar-refractivity contribution in [3.05, 3.63) is 35.0 Å². The van der Waals surface area contributed by atoms with E-state index in [4.69, 9.17) is 5.11 Å². The fourth-order valence-electron chi connectivity index (χ4n) is 2.34. The average Bonchev–Trinajstić information content (AvgIpc) is 2.64. The van der Waals surface area contributed by atoms with Crippen LogP contribution >= 0.6 is 0 Å². The number of benzene rings is 1. The summed E-state index contributed by atoms with van der Waals surface area (Å²) in [4.78, 5) is 14.4. The van der Waals surface area contributed by atoms with Gasteiger partial charge in [-0.15, -0.1) is 0 Å². The van der Waals surface area contributed by atoms with Gasteiger partial charge in [-0.2, -0.15) is 0 Å². The Morgan fingerprint density at radius 2 is 2.17 bits per heavy atom. The Bertz CT molecular complexity index is 569. The first kappa shape index (κ1) is 12.7. The number of unbranched alkanes of at least 4 members (excludes halogenated alkanes) is 1. The number of aromatic nitrogens is 1. The SMILES string of the molecule is CCCCc1[nH]c2ccc(C)cc2c1CC(=O)O. The largest absolute Gasteiger partial charge is 0.481 e. The zero-order chi connectivity index (χ0) is 13.1. The first-order chi connectivity index (χ1) is 8.61. The minimum Gasteiger partial charge on any atom is -0.481 e. The van der Waals surface area contributed by atoms with Gasteiger partial charge in [0.1, 0.15) is 0 Å². The van der Waals surface area contributed by atoms with E-state index >= 15 is 0 Å². The van der Waals surface area contributed by atoms with E-state index in [1.165, 1.54) is 0 Å². The molecule has 0 amide bonds. The summed E-state index contributed by atoms with van der Waals surface area (Å²) in [6.07, 6.45) is 3.22. The van der Waals surface area contributed by atoms with Crippen LogP contribution in [0.25, 0.3) is 10.9 Å². The van der Waals surface area contributed by atoms with E-state index in [0.29, 0.717) is 0 Å². The summed E-state index contributed by atoms with van der Waals surface area (Å²) in [7, 11) is 0. The third-order valence-electron chi connectivity index (χ3n) is 3.26. The molecule has 0 bridgehead atoms. The van der Waals surface area contributed by atoms with E-state index in [2.05, 4.69) is 18.0 Å². The van der Waals surface area contributed by atoms with Gasteiger partial charge in [-0.3, -0.25) is 4.79 Å². The van der Waals surface area contributed by atoms with Gasteiger partial charge >= 0.3 is 5.97 Å². The molecule has 1 aromatic carbocycles. The lowest BCUT2D eigenvalue weighted by atomic mass is 10.0. The molecule has 3 heteroatoms. The number of aliphatic carboxylic acids is 1. The molecule has 0 atom stereocenters. The Morgan fingerprint density at radius 3 is 2.83 bits per heavy atom. The standard InChI is InChI=1S/C15H19NO2/c1-3-4-5-13-12(9-15(17)18)11-8-10(2)6-7-14(11)16-13/h6-8,16H,3-5,9H2,1-2H3,(H,17,18). The second-order valence-electron chi connectivity index (χ2n) is 4.81. The monoisotopic (exact) mass is 245 g/mol. The second kappa shape index (κ2) is 5.25. The molecule has 96 valence electrons. The van der Waals surface area contributed by atoms with Gasteiger partial charge in [-0.05, 0) is 37.5 Å². The van der Waals surface area contributed by atoms with Gasteiger partial charge in [0.05, 0.1) is 6.42 Å². The van der Waals surface area contributed by atoms with Crippen LogP contribution in [0.4, 0.5) is 0 Å². The predicted molar refractivity (Wildman–Crippen MR) is 73.0 cm³/mol. The van der Waals surface area contributed by atoms with E-state index in [1.54, 1.807) is 0 Å². The molecule has 18 heavy (non-hydrogen) atoms. The highest BCUT2D eigenvalue weighted by Gasteiger charge is 2.14. The fraction of sp³-hybridized carbons (Fsp3) is 0.400. The van der Waals surface area contributed by atoms with Gasteiger partial charge in [-0.1, -0.05) is 25.0 Å². The van der Waals surface area contributed by atoms with Crippen LogP contribution in [0.1, 0.15) is 36.6 Å². The summed E-state index contributed by atoms with van der Waals surface area (Å²) in [6.45, 7) is 4.17. The van der Waals surface area contributed by atoms with Gasteiger partial charge < -0.3 is 10.1 Å². The third kappa shape index (κ3) is 2.55. The maximum absolute atomic E-state index is 11.0. The number of hydrogen-bond donors (Lipinski definition) is 2. The number of carboxylic acids is 1. The number of carboxylic acid groups (broad SMARTS) is 1. The van der Waals surface area contributed by atoms with Crippen molar-refractivity contribution < 1.29 is 9.90 Å². The van der Waals surface area contributed by atoms with Crippen LogP contribution in [-0.2, 0) is 17.6 Å². The Morgan fingerprint density at radius 1 is 1.39 bits per heavy atom. The molecule has 2 N–H and O–H groups in total. The maximum atomic E-state index is 11.0. The predicted octanol–water partition coefficient (Wildman–Crippen LogP) is 3.45. The Balaban J connectivity index is 2.50. The van der Waals surface area contributed by atoms with E-state index in [-0.39, 0.29) is 6.42 Å². The van der Waals surface area contributed by atoms with Crippen molar-refractivity contribution in [1.29, 1.82) is 0 Å². The molecule has 1 aromatic heterocycles. The summed E-state index contributed by atoms with van der Waals surface area (Å²) in [5.74, 6) is -0.768. The number of H-pyrrole nitrogens is 1. The summed E-state index contributed by atoms with van der Waals surface area (Å²) in [5.41, 5.74) is 4.24. The summed E-state index contributed by atoms with van der Waals surface area (Å²) in [6, 6.07) is 6.15. The number of rotatable bonds is 5. The minimum absolute atomic E-state index is 0.0997. The number of aromatic amines is 1. The van der Waals surface area contributed by atoms with Crippen LogP contribution in [0.2, 0.25) is 0 Å². The molecule has 0 fully saturated rings. The number of nitrogens with one attached hydrogen (secondary N) is 1. The van der Waals surface area contributed by atoms with Crippen molar-refractivity contribution in [3.63, 3.8) is 0 Å². The van der Waals surface area contributed by atoms with E-state index < -0.39 is 5.97 Å². The lowest BCUT2D eigenvalue weighted by molar-refractivity contribution is -0.136. The molecule has 0 aliphatic heterocycles. The fourth-order valence-corrected chi connectivity index (χ4v) is 2.34. The normalized spacial score (nSPS) is 11.0. The molecule has 0 saturated heterocycles. The van der Waals surface area contributed by atoms with Crippen molar-refractivity contribution in [2.24, 2.45) is 0 Å². The number of hydrogen-bond acceptors (Lipinski definition) is 1. The van der Waals surface area contributed by atoms with Crippen molar-refractivity contribution in [1.82, 2.24) is 4.98 Å². The topological polar surface area (TPSA) is 53.1 Å². The first-order valence-corrected chi connectivity index (χ1v) is 6.43. The van der Waals surface area contributed by atoms with Crippen molar-refractivity contribution >= 4 is 16.9 Å². The molecule has 3 nitrogen and oxygen atoms in total. The van der Waals surface area contributed by atoms with Gasteiger partial charge in [0, 0.05) is 16.6 Å². The van der Waals surface area contributed by atoms with Crippen LogP contribution < -0.4 is 0 Å². The maximum Gasteiger partial charge on any atom is 0.307 e. The van der Waals surface area contributed by atoms with E-state index in [0.717, 1.165) is 47.0 Å². The smallest absolute Gasteiger partial charge is 0.307 e. The summed E-state index contributed by atoms with van der Waals surface area (Å²) >= 11 is 0. The van der Waals surface area contributed by atoms with Crippen LogP contribution in [-0.4, -0.2) is 16.1 Å². The van der Waals surface area contributed by atoms with E-state index in [9.17, 15) is 4.79 Å². The van der Waals surface area contributed by atoms with Crippen LogP contribution in [0.3, 0.4) is 0 Å². The zero-order valence-electron chi connectivity index (χ0n) is 10.9. The molecule has 0 radical (unpaired) electrons. The quantitative estimate of drug-likeness (QED) is 0.847. The van der Waals surface area contributed by atoms with Gasteiger partial charge in [0.2, 0.25) is 0 Å². The Hall–Kier alpha value is -1.77. The van der Waals surface area contributed by atoms with Crippen molar-refractivity contribution in [2.75, 3.05) is 0 Å². The Labute approximate surface area is 107 Å². The third-order valence-corrected chi connectivity index (χ3v) is 3.26. The highest BCUT2D eigenvalue weighted by molar-refractivity contribution is 5.88. The molecule has 0 spiro atoms. The van der Waals surface area contributed by atoms with E-state index in [1.807, 2.05) is 19.1 Å². The Kier molecular flexibility index (Phi) is 3.70. The number of fused-ring (bicyclic) bond motifs is 1. The molecule has 0 saturated carbocycles. The molecule has 0 aliphatic rings. The lowest BCUT2D eigenvalue weighted by Gasteiger charge is -2.01. The molecule has 2 aromatic rings. The first-order valence-electron chi connectivity index (χ1n) is 6.43. The van der Waals surface area contributed by atoms with Crippen LogP contribution in [0.15, 0.2) is 18.2 Å². The number of carbonyl (C=O) groups is 1. The lowest BCUT2D eigenvalue weighted by Crippen LogP contribution is -2.02. The molecule has 0 unspecified atom stereocenters. The molecular formula is C15H19NO2. The average molecular weight is 245 g/mol. The van der Waals surface area contributed by atoms with Gasteiger partial charge in [0.15, 0.2) is 0 Å². The van der Waals surface area contributed by atoms with Crippen molar-refractivity contribution in [2.45, 2.75) is 39.5 Å². The highest BCUT2D eigenvalue weighted by atomic mass is 16.4. The summed E-state index contributed by atoms with van der Waals surface area (Å²) in [5, 5.41) is 10.1. The molecule has 1 heterocycles. The minimum atomic E-state index is -0.768. The summed E-state index contributed by atoms with van der Waals surface area (Å²) < 4.78 is 0. The van der Waals surface area contributed by atoms with Crippen LogP contribution in [0.5, 0.6) is 0 Å². The molecule has 0 aliphatic carbocycles. The number of aryl methyl sites for hydroxylation is 2. The highest BCUT2D eigenvalue weighted by Crippen LogP contribution is 2.25. The van der Waals surface area contributed by atoms with Crippen LogP contribution in [0, 0.1) is 6.92 Å². The van der Waals surface area contributed by atoms with Crippen molar-refractivity contribution in [3.8, 4) is 0 Å².